The predicted octanol–water partition coefficient (Wildman–Crippen LogP) is 2.34. The quantitative estimate of drug-likeness (QED) is 0.386. The molecule has 1 aliphatic heterocycles. The number of halogens is 1. The number of nitrogens with zero attached hydrogens (tertiary/aromatic N) is 4. The number of piperazine rings is 1. The van der Waals surface area contributed by atoms with Gasteiger partial charge in [-0.2, -0.15) is 0 Å². The van der Waals surface area contributed by atoms with E-state index in [0.29, 0.717) is 0 Å². The van der Waals surface area contributed by atoms with Crippen LogP contribution in [0.4, 0.5) is 0 Å². The second-order valence-electron chi connectivity index (χ2n) is 6.38. The lowest BCUT2D eigenvalue weighted by molar-refractivity contribution is 0.172. The molecule has 1 aromatic rings. The second-order valence-corrected chi connectivity index (χ2v) is 6.38. The highest BCUT2D eigenvalue weighted by Crippen LogP contribution is 2.08. The van der Waals surface area contributed by atoms with Crippen molar-refractivity contribution in [1.29, 1.82) is 0 Å². The Bertz CT molecular complexity index is 486. The number of hydrogen-bond donors (Lipinski definition) is 1. The first kappa shape index (κ1) is 22.2. The molecule has 0 aromatic heterocycles. The third kappa shape index (κ3) is 7.92. The number of hydrogen-bond acceptors (Lipinski definition) is 3. The van der Waals surface area contributed by atoms with E-state index in [9.17, 15) is 0 Å². The van der Waals surface area contributed by atoms with Crippen LogP contribution in [0.3, 0.4) is 0 Å². The Balaban J connectivity index is 0.00000312. The molecule has 0 saturated carbocycles. The molecule has 2 rings (SSSR count). The zero-order valence-corrected chi connectivity index (χ0v) is 18.3. The number of benzene rings is 1. The van der Waals surface area contributed by atoms with Gasteiger partial charge in [-0.15, -0.1) is 24.0 Å². The summed E-state index contributed by atoms with van der Waals surface area (Å²) in [7, 11) is 2.14. The first-order valence-electron chi connectivity index (χ1n) is 9.21. The molecule has 25 heavy (non-hydrogen) atoms. The lowest BCUT2D eigenvalue weighted by Gasteiger charge is -2.36. The van der Waals surface area contributed by atoms with Crippen molar-refractivity contribution >= 4 is 29.9 Å². The Morgan fingerprint density at radius 3 is 2.40 bits per heavy atom. The monoisotopic (exact) mass is 459 g/mol. The third-order valence-electron chi connectivity index (χ3n) is 4.54. The van der Waals surface area contributed by atoms with Gasteiger partial charge >= 0.3 is 0 Å². The minimum atomic E-state index is 0. The zero-order valence-electron chi connectivity index (χ0n) is 15.9. The molecule has 6 heteroatoms. The van der Waals surface area contributed by atoms with Gasteiger partial charge in [0.25, 0.3) is 0 Å². The van der Waals surface area contributed by atoms with Crippen LogP contribution in [0.15, 0.2) is 35.3 Å². The van der Waals surface area contributed by atoms with Gasteiger partial charge in [0.05, 0.1) is 6.54 Å². The van der Waals surface area contributed by atoms with Gasteiger partial charge in [0, 0.05) is 45.8 Å². The van der Waals surface area contributed by atoms with Gasteiger partial charge in [-0.3, -0.25) is 9.89 Å². The third-order valence-corrected chi connectivity index (χ3v) is 4.54. The molecular formula is C19H34IN5. The number of nitrogens with one attached hydrogen (secondary N) is 1. The van der Waals surface area contributed by atoms with Gasteiger partial charge < -0.3 is 15.1 Å². The highest BCUT2D eigenvalue weighted by Gasteiger charge is 2.19. The smallest absolute Gasteiger partial charge is 0.194 e. The van der Waals surface area contributed by atoms with E-state index < -0.39 is 0 Å². The Kier molecular flexibility index (Phi) is 11.1. The summed E-state index contributed by atoms with van der Waals surface area (Å²) >= 11 is 0. The fourth-order valence-corrected chi connectivity index (χ4v) is 2.87. The van der Waals surface area contributed by atoms with Crippen molar-refractivity contribution in [3.63, 3.8) is 0 Å². The summed E-state index contributed by atoms with van der Waals surface area (Å²) in [6, 6.07) is 10.7. The number of guanidine groups is 1. The molecule has 5 nitrogen and oxygen atoms in total. The summed E-state index contributed by atoms with van der Waals surface area (Å²) in [6.07, 6.45) is 0. The van der Waals surface area contributed by atoms with E-state index in [-0.39, 0.29) is 24.0 Å². The van der Waals surface area contributed by atoms with Gasteiger partial charge in [-0.1, -0.05) is 37.3 Å². The summed E-state index contributed by atoms with van der Waals surface area (Å²) in [5.41, 5.74) is 1.40. The number of likely N-dealkylation sites (N-methyl/N-ethyl adjacent to an activating group) is 1. The lowest BCUT2D eigenvalue weighted by Crippen LogP contribution is -2.52. The molecule has 0 spiro atoms. The van der Waals surface area contributed by atoms with Crippen LogP contribution in [0, 0.1) is 0 Å². The summed E-state index contributed by atoms with van der Waals surface area (Å²) in [6.45, 7) is 13.5. The van der Waals surface area contributed by atoms with Crippen molar-refractivity contribution in [3.8, 4) is 0 Å². The summed E-state index contributed by atoms with van der Waals surface area (Å²) in [4.78, 5) is 12.0. The molecule has 1 aromatic carbocycles. The van der Waals surface area contributed by atoms with E-state index in [1.54, 1.807) is 0 Å². The van der Waals surface area contributed by atoms with E-state index in [4.69, 9.17) is 4.99 Å². The average Bonchev–Trinajstić information content (AvgIpc) is 2.62. The normalized spacial score (nSPS) is 16.0. The molecule has 1 saturated heterocycles. The van der Waals surface area contributed by atoms with Gasteiger partial charge in [0.15, 0.2) is 5.96 Å². The van der Waals surface area contributed by atoms with E-state index in [1.807, 2.05) is 0 Å². The van der Waals surface area contributed by atoms with Crippen LogP contribution in [0.2, 0.25) is 0 Å². The summed E-state index contributed by atoms with van der Waals surface area (Å²) in [5.74, 6) is 1.07. The minimum Gasteiger partial charge on any atom is -0.357 e. The summed E-state index contributed by atoms with van der Waals surface area (Å²) < 4.78 is 0. The van der Waals surface area contributed by atoms with Crippen LogP contribution >= 0.6 is 24.0 Å². The molecule has 142 valence electrons. The Morgan fingerprint density at radius 2 is 1.80 bits per heavy atom. The Labute approximate surface area is 170 Å². The van der Waals surface area contributed by atoms with E-state index in [1.165, 1.54) is 5.56 Å². The van der Waals surface area contributed by atoms with Gasteiger partial charge in [-0.25, -0.2) is 0 Å². The SMILES string of the molecule is CCNC(=NCCN(C)CC)N1CCN(Cc2ccccc2)CC1.I. The first-order valence-corrected chi connectivity index (χ1v) is 9.21. The topological polar surface area (TPSA) is 34.1 Å². The highest BCUT2D eigenvalue weighted by molar-refractivity contribution is 14.0. The maximum atomic E-state index is 4.81. The predicted molar refractivity (Wildman–Crippen MR) is 118 cm³/mol. The molecule has 0 unspecified atom stereocenters. The molecule has 1 N–H and O–H groups in total. The molecule has 1 aliphatic rings. The van der Waals surface area contributed by atoms with Crippen molar-refractivity contribution in [2.24, 2.45) is 4.99 Å². The average molecular weight is 459 g/mol. The van der Waals surface area contributed by atoms with Crippen molar-refractivity contribution in [2.45, 2.75) is 20.4 Å². The molecule has 1 fully saturated rings. The van der Waals surface area contributed by atoms with Crippen molar-refractivity contribution in [2.75, 3.05) is 59.4 Å². The van der Waals surface area contributed by atoms with Crippen molar-refractivity contribution in [3.05, 3.63) is 35.9 Å². The van der Waals surface area contributed by atoms with E-state index >= 15 is 0 Å². The standard InChI is InChI=1S/C19H33N5.HI/c1-4-20-19(21-11-12-22(3)5-2)24-15-13-23(14-16-24)17-18-9-7-6-8-10-18;/h6-10H,4-5,11-17H2,1-3H3,(H,20,21);1H. The number of aliphatic imine (C=N–C) groups is 1. The van der Waals surface area contributed by atoms with Gasteiger partial charge in [0.2, 0.25) is 0 Å². The molecule has 0 radical (unpaired) electrons. The largest absolute Gasteiger partial charge is 0.357 e. The Hall–Kier alpha value is -0.860. The zero-order chi connectivity index (χ0) is 17.2. The van der Waals surface area contributed by atoms with Crippen LogP contribution in [0.25, 0.3) is 0 Å². The van der Waals surface area contributed by atoms with Crippen LogP contribution in [-0.2, 0) is 6.54 Å². The fraction of sp³-hybridized carbons (Fsp3) is 0.632. The second kappa shape index (κ2) is 12.5. The van der Waals surface area contributed by atoms with Crippen LogP contribution in [-0.4, -0.2) is 80.1 Å². The first-order chi connectivity index (χ1) is 11.7. The molecular weight excluding hydrogens is 425 g/mol. The molecule has 0 atom stereocenters. The van der Waals surface area contributed by atoms with E-state index in [0.717, 1.165) is 64.9 Å². The summed E-state index contributed by atoms with van der Waals surface area (Å²) in [5, 5.41) is 3.45. The maximum absolute atomic E-state index is 4.81. The Morgan fingerprint density at radius 1 is 1.12 bits per heavy atom. The van der Waals surface area contributed by atoms with Gasteiger partial charge in [-0.05, 0) is 26.1 Å². The van der Waals surface area contributed by atoms with Crippen LogP contribution in [0.5, 0.6) is 0 Å². The minimum absolute atomic E-state index is 0. The lowest BCUT2D eigenvalue weighted by atomic mass is 10.2. The van der Waals surface area contributed by atoms with E-state index in [2.05, 4.69) is 71.2 Å². The van der Waals surface area contributed by atoms with Crippen molar-refractivity contribution in [1.82, 2.24) is 20.0 Å². The fourth-order valence-electron chi connectivity index (χ4n) is 2.87. The molecule has 1 heterocycles. The van der Waals surface area contributed by atoms with Crippen LogP contribution < -0.4 is 5.32 Å². The highest BCUT2D eigenvalue weighted by atomic mass is 127. The molecule has 0 aliphatic carbocycles. The van der Waals surface area contributed by atoms with Crippen molar-refractivity contribution < 1.29 is 0 Å². The molecule has 0 amide bonds. The van der Waals surface area contributed by atoms with Crippen LogP contribution in [0.1, 0.15) is 19.4 Å². The maximum Gasteiger partial charge on any atom is 0.194 e. The molecule has 0 bridgehead atoms. The van der Waals surface area contributed by atoms with Gasteiger partial charge in [0.1, 0.15) is 0 Å². The number of rotatable bonds is 7.